The van der Waals surface area contributed by atoms with Gasteiger partial charge in [0.1, 0.15) is 11.6 Å². The molecule has 1 heterocycles. The topological polar surface area (TPSA) is 84.1 Å². The fourth-order valence-corrected chi connectivity index (χ4v) is 2.95. The van der Waals surface area contributed by atoms with E-state index in [1.165, 1.54) is 6.07 Å². The molecule has 0 aliphatic rings. The van der Waals surface area contributed by atoms with Crippen LogP contribution in [0.4, 0.5) is 5.82 Å². The maximum Gasteiger partial charge on any atom is 0.165 e. The predicted molar refractivity (Wildman–Crippen MR) is 111 cm³/mol. The molecule has 0 spiro atoms. The summed E-state index contributed by atoms with van der Waals surface area (Å²) in [6.45, 7) is 4.69. The van der Waals surface area contributed by atoms with Gasteiger partial charge in [0.25, 0.3) is 0 Å². The van der Waals surface area contributed by atoms with Crippen molar-refractivity contribution in [2.24, 2.45) is 5.73 Å². The van der Waals surface area contributed by atoms with Gasteiger partial charge in [-0.05, 0) is 42.7 Å². The van der Waals surface area contributed by atoms with Crippen LogP contribution in [0.25, 0.3) is 22.5 Å². The number of hydrogen-bond acceptors (Lipinski definition) is 5. The van der Waals surface area contributed by atoms with Crippen LogP contribution in [0, 0.1) is 6.92 Å². The number of aryl methyl sites for hydroxylation is 1. The fourth-order valence-electron chi connectivity index (χ4n) is 2.78. The van der Waals surface area contributed by atoms with E-state index in [-0.39, 0.29) is 11.8 Å². The first-order valence-electron chi connectivity index (χ1n) is 8.91. The van der Waals surface area contributed by atoms with Gasteiger partial charge in [-0.1, -0.05) is 42.8 Å². The Morgan fingerprint density at radius 1 is 1.15 bits per heavy atom. The van der Waals surface area contributed by atoms with E-state index in [0.717, 1.165) is 23.1 Å². The second-order valence-electron chi connectivity index (χ2n) is 6.48. The molecule has 140 valence electrons. The lowest BCUT2D eigenvalue weighted by Gasteiger charge is -2.16. The molecule has 0 aliphatic heterocycles. The number of aromatic nitrogens is 2. The molecule has 0 amide bonds. The molecule has 2 aromatic carbocycles. The monoisotopic (exact) mass is 382 g/mol. The number of phenols is 1. The molecule has 5 nitrogen and oxygen atoms in total. The van der Waals surface area contributed by atoms with E-state index in [4.69, 9.17) is 17.3 Å². The van der Waals surface area contributed by atoms with Crippen LogP contribution in [0.2, 0.25) is 5.02 Å². The molecule has 0 radical (unpaired) electrons. The summed E-state index contributed by atoms with van der Waals surface area (Å²) in [5.41, 5.74) is 9.62. The Labute approximate surface area is 164 Å². The zero-order valence-electron chi connectivity index (χ0n) is 15.4. The van der Waals surface area contributed by atoms with Crippen LogP contribution in [0.15, 0.2) is 48.7 Å². The van der Waals surface area contributed by atoms with E-state index in [9.17, 15) is 5.11 Å². The summed E-state index contributed by atoms with van der Waals surface area (Å²) in [5, 5.41) is 14.0. The van der Waals surface area contributed by atoms with Gasteiger partial charge in [-0.3, -0.25) is 0 Å². The summed E-state index contributed by atoms with van der Waals surface area (Å²) < 4.78 is 0. The predicted octanol–water partition coefficient (Wildman–Crippen LogP) is 4.63. The van der Waals surface area contributed by atoms with E-state index in [2.05, 4.69) is 15.3 Å². The van der Waals surface area contributed by atoms with Crippen LogP contribution < -0.4 is 11.1 Å². The average Bonchev–Trinajstić information content (AvgIpc) is 2.68. The molecule has 6 heteroatoms. The van der Waals surface area contributed by atoms with Crippen LogP contribution in [-0.4, -0.2) is 27.7 Å². The number of rotatable bonds is 6. The highest BCUT2D eigenvalue weighted by molar-refractivity contribution is 6.30. The van der Waals surface area contributed by atoms with Gasteiger partial charge in [-0.15, -0.1) is 0 Å². The summed E-state index contributed by atoms with van der Waals surface area (Å²) >= 11 is 6.08. The molecule has 4 N–H and O–H groups in total. The molecule has 0 bridgehead atoms. The van der Waals surface area contributed by atoms with Crippen LogP contribution in [0.5, 0.6) is 5.75 Å². The lowest BCUT2D eigenvalue weighted by atomic mass is 10.0. The highest BCUT2D eigenvalue weighted by atomic mass is 35.5. The number of nitrogens with two attached hydrogens (primary N) is 1. The van der Waals surface area contributed by atoms with Crippen molar-refractivity contribution in [3.8, 4) is 28.3 Å². The van der Waals surface area contributed by atoms with E-state index in [0.29, 0.717) is 28.8 Å². The highest BCUT2D eigenvalue weighted by Gasteiger charge is 2.15. The molecule has 3 rings (SSSR count). The Morgan fingerprint density at radius 3 is 2.67 bits per heavy atom. The minimum atomic E-state index is 0.0210. The van der Waals surface area contributed by atoms with Gasteiger partial charge >= 0.3 is 0 Å². The van der Waals surface area contributed by atoms with Crippen molar-refractivity contribution in [2.75, 3.05) is 11.9 Å². The van der Waals surface area contributed by atoms with Gasteiger partial charge in [0, 0.05) is 29.4 Å². The van der Waals surface area contributed by atoms with Crippen LogP contribution in [-0.2, 0) is 0 Å². The first-order chi connectivity index (χ1) is 13.0. The quantitative estimate of drug-likeness (QED) is 0.579. The maximum atomic E-state index is 10.2. The number of hydrogen-bond donors (Lipinski definition) is 3. The number of anilines is 1. The van der Waals surface area contributed by atoms with Crippen molar-refractivity contribution < 1.29 is 5.11 Å². The molecule has 3 aromatic rings. The number of phenolic OH excluding ortho intramolecular Hbond substituents is 1. The minimum absolute atomic E-state index is 0.0210. The molecule has 27 heavy (non-hydrogen) atoms. The van der Waals surface area contributed by atoms with Gasteiger partial charge < -0.3 is 16.2 Å². The van der Waals surface area contributed by atoms with Crippen molar-refractivity contribution in [3.05, 3.63) is 59.2 Å². The minimum Gasteiger partial charge on any atom is -0.507 e. The molecule has 1 atom stereocenters. The van der Waals surface area contributed by atoms with Crippen LogP contribution >= 0.6 is 11.6 Å². The largest absolute Gasteiger partial charge is 0.507 e. The molecular formula is C21H23ClN4O. The number of nitrogens with one attached hydrogen (secondary N) is 1. The molecular weight excluding hydrogens is 360 g/mol. The van der Waals surface area contributed by atoms with Crippen molar-refractivity contribution in [1.29, 1.82) is 0 Å². The van der Waals surface area contributed by atoms with Gasteiger partial charge in [0.05, 0.1) is 5.56 Å². The third kappa shape index (κ3) is 4.38. The van der Waals surface area contributed by atoms with Gasteiger partial charge in [0.15, 0.2) is 5.82 Å². The smallest absolute Gasteiger partial charge is 0.165 e. The first kappa shape index (κ1) is 19.1. The van der Waals surface area contributed by atoms with Crippen molar-refractivity contribution in [1.82, 2.24) is 9.97 Å². The average molecular weight is 383 g/mol. The highest BCUT2D eigenvalue weighted by Crippen LogP contribution is 2.34. The second-order valence-corrected chi connectivity index (χ2v) is 6.92. The van der Waals surface area contributed by atoms with E-state index in [1.54, 1.807) is 18.3 Å². The third-order valence-corrected chi connectivity index (χ3v) is 4.71. The zero-order valence-corrected chi connectivity index (χ0v) is 16.2. The molecule has 0 saturated carbocycles. The van der Waals surface area contributed by atoms with Crippen molar-refractivity contribution in [3.63, 3.8) is 0 Å². The lowest BCUT2D eigenvalue weighted by molar-refractivity contribution is 0.477. The molecule has 0 aliphatic carbocycles. The SMILES string of the molecule is CCC(N)CNc1nc(-c2cc(Cl)ccc2O)ncc1-c1ccccc1C. The summed E-state index contributed by atoms with van der Waals surface area (Å²) in [7, 11) is 0. The summed E-state index contributed by atoms with van der Waals surface area (Å²) in [4.78, 5) is 9.15. The Hall–Kier alpha value is -2.63. The molecule has 0 saturated heterocycles. The third-order valence-electron chi connectivity index (χ3n) is 4.48. The Kier molecular flexibility index (Phi) is 5.94. The van der Waals surface area contributed by atoms with Gasteiger partial charge in [-0.25, -0.2) is 9.97 Å². The summed E-state index contributed by atoms with van der Waals surface area (Å²) in [6, 6.07) is 12.9. The van der Waals surface area contributed by atoms with E-state index in [1.807, 2.05) is 38.1 Å². The Morgan fingerprint density at radius 2 is 1.93 bits per heavy atom. The fraction of sp³-hybridized carbons (Fsp3) is 0.238. The molecule has 0 fully saturated rings. The summed E-state index contributed by atoms with van der Waals surface area (Å²) in [6.07, 6.45) is 2.63. The Bertz CT molecular complexity index is 945. The van der Waals surface area contributed by atoms with Crippen molar-refractivity contribution in [2.45, 2.75) is 26.3 Å². The number of aromatic hydroxyl groups is 1. The molecule has 1 unspecified atom stereocenters. The Balaban J connectivity index is 2.09. The molecule has 1 aromatic heterocycles. The number of nitrogens with zero attached hydrogens (tertiary/aromatic N) is 2. The van der Waals surface area contributed by atoms with Crippen LogP contribution in [0.3, 0.4) is 0 Å². The standard InChI is InChI=1S/C21H23ClN4O/c1-3-15(23)11-24-21-18(16-7-5-4-6-13(16)2)12-25-20(26-21)17-10-14(22)8-9-19(17)27/h4-10,12,15,27H,3,11,23H2,1-2H3,(H,24,25,26). The summed E-state index contributed by atoms with van der Waals surface area (Å²) in [5.74, 6) is 1.16. The van der Waals surface area contributed by atoms with Gasteiger partial charge in [0.2, 0.25) is 0 Å². The normalized spacial score (nSPS) is 12.0. The first-order valence-corrected chi connectivity index (χ1v) is 9.28. The number of halogens is 1. The lowest BCUT2D eigenvalue weighted by Crippen LogP contribution is -2.28. The van der Waals surface area contributed by atoms with E-state index < -0.39 is 0 Å². The van der Waals surface area contributed by atoms with Crippen molar-refractivity contribution >= 4 is 17.4 Å². The van der Waals surface area contributed by atoms with E-state index >= 15 is 0 Å². The van der Waals surface area contributed by atoms with Gasteiger partial charge in [-0.2, -0.15) is 0 Å². The number of benzene rings is 2. The van der Waals surface area contributed by atoms with Crippen LogP contribution in [0.1, 0.15) is 18.9 Å². The zero-order chi connectivity index (χ0) is 19.4. The maximum absolute atomic E-state index is 10.2. The second kappa shape index (κ2) is 8.37.